The van der Waals surface area contributed by atoms with E-state index in [2.05, 4.69) is 13.8 Å². The van der Waals surface area contributed by atoms with E-state index in [9.17, 15) is 9.59 Å². The number of imide groups is 1. The lowest BCUT2D eigenvalue weighted by molar-refractivity contribution is -0.119. The maximum atomic E-state index is 13.3. The normalized spacial score (nSPS) is 14.2. The van der Waals surface area contributed by atoms with Gasteiger partial charge in [-0.3, -0.25) is 9.59 Å². The van der Waals surface area contributed by atoms with Crippen LogP contribution in [0.5, 0.6) is 11.5 Å². The molecule has 2 amide bonds. The Kier molecular flexibility index (Phi) is 6.64. The lowest BCUT2D eigenvalue weighted by Crippen LogP contribution is -2.31. The fraction of sp³-hybridized carbons (Fsp3) is 0.304. The molecule has 0 spiro atoms. The van der Waals surface area contributed by atoms with Crippen LogP contribution in [0.1, 0.15) is 26.3 Å². The summed E-state index contributed by atoms with van der Waals surface area (Å²) in [5.41, 5.74) is 1.54. The summed E-state index contributed by atoms with van der Waals surface area (Å²) in [6.07, 6.45) is 0. The molecule has 0 bridgehead atoms. The molecule has 0 N–H and O–H groups in total. The zero-order valence-corrected chi connectivity index (χ0v) is 17.9. The van der Waals surface area contributed by atoms with Gasteiger partial charge in [0.15, 0.2) is 0 Å². The SMILES string of the molecule is CCSC1=C(c2ccccc2OC)C(=O)N(c2ccc(OCC(C)C)cc2)C1=O. The lowest BCUT2D eigenvalue weighted by Gasteiger charge is -2.16. The molecule has 0 unspecified atom stereocenters. The molecular formula is C23H25NO4S. The topological polar surface area (TPSA) is 55.8 Å². The van der Waals surface area contributed by atoms with E-state index in [1.54, 1.807) is 37.4 Å². The molecule has 0 saturated carbocycles. The summed E-state index contributed by atoms with van der Waals surface area (Å²) in [6.45, 7) is 6.72. The van der Waals surface area contributed by atoms with Crippen molar-refractivity contribution >= 4 is 34.8 Å². The summed E-state index contributed by atoms with van der Waals surface area (Å²) >= 11 is 1.37. The number of thioether (sulfide) groups is 1. The Morgan fingerprint density at radius 3 is 2.31 bits per heavy atom. The number of carbonyl (C=O) groups excluding carboxylic acids is 2. The first-order valence-corrected chi connectivity index (χ1v) is 10.6. The number of methoxy groups -OCH3 is 1. The van der Waals surface area contributed by atoms with Gasteiger partial charge in [-0.15, -0.1) is 11.8 Å². The summed E-state index contributed by atoms with van der Waals surface area (Å²) in [5.74, 6) is 1.73. The van der Waals surface area contributed by atoms with Gasteiger partial charge >= 0.3 is 0 Å². The Labute approximate surface area is 175 Å². The second-order valence-corrected chi connectivity index (χ2v) is 8.26. The number of hydrogen-bond acceptors (Lipinski definition) is 5. The molecule has 152 valence electrons. The summed E-state index contributed by atoms with van der Waals surface area (Å²) in [4.78, 5) is 28.1. The standard InChI is InChI=1S/C23H25NO4S/c1-5-29-21-20(18-8-6-7-9-19(18)27-4)22(25)24(23(21)26)16-10-12-17(13-11-16)28-14-15(2)3/h6-13,15H,5,14H2,1-4H3. The van der Waals surface area contributed by atoms with Gasteiger partial charge in [0.1, 0.15) is 11.5 Å². The van der Waals surface area contributed by atoms with Crippen LogP contribution in [-0.2, 0) is 9.59 Å². The summed E-state index contributed by atoms with van der Waals surface area (Å²) in [6, 6.07) is 14.3. The van der Waals surface area contributed by atoms with Gasteiger partial charge in [0.25, 0.3) is 11.8 Å². The van der Waals surface area contributed by atoms with E-state index in [4.69, 9.17) is 9.47 Å². The minimum Gasteiger partial charge on any atom is -0.496 e. The van der Waals surface area contributed by atoms with Gasteiger partial charge in [-0.05, 0) is 42.0 Å². The fourth-order valence-electron chi connectivity index (χ4n) is 3.07. The molecule has 0 aromatic heterocycles. The molecule has 0 fully saturated rings. The van der Waals surface area contributed by atoms with Crippen LogP contribution in [0.15, 0.2) is 53.4 Å². The molecular weight excluding hydrogens is 386 g/mol. The molecule has 0 aliphatic carbocycles. The van der Waals surface area contributed by atoms with Gasteiger partial charge < -0.3 is 9.47 Å². The Bertz CT molecular complexity index is 934. The minimum absolute atomic E-state index is 0.307. The van der Waals surface area contributed by atoms with E-state index in [1.807, 2.05) is 25.1 Å². The molecule has 29 heavy (non-hydrogen) atoms. The van der Waals surface area contributed by atoms with Crippen LogP contribution in [0, 0.1) is 5.92 Å². The average Bonchev–Trinajstić information content (AvgIpc) is 2.96. The van der Waals surface area contributed by atoms with Crippen molar-refractivity contribution in [2.24, 2.45) is 5.92 Å². The van der Waals surface area contributed by atoms with Crippen LogP contribution in [0.3, 0.4) is 0 Å². The van der Waals surface area contributed by atoms with Gasteiger partial charge in [0.2, 0.25) is 0 Å². The van der Waals surface area contributed by atoms with Crippen molar-refractivity contribution in [3.8, 4) is 11.5 Å². The molecule has 1 aliphatic rings. The first kappa shape index (κ1) is 21.0. The third kappa shape index (κ3) is 4.32. The Hall–Kier alpha value is -2.73. The third-order valence-corrected chi connectivity index (χ3v) is 5.34. The van der Waals surface area contributed by atoms with Crippen molar-refractivity contribution < 1.29 is 19.1 Å². The zero-order chi connectivity index (χ0) is 21.0. The number of para-hydroxylation sites is 1. The Morgan fingerprint density at radius 2 is 1.69 bits per heavy atom. The highest BCUT2D eigenvalue weighted by molar-refractivity contribution is 8.04. The van der Waals surface area contributed by atoms with Crippen molar-refractivity contribution in [2.75, 3.05) is 24.4 Å². The van der Waals surface area contributed by atoms with Crippen molar-refractivity contribution in [2.45, 2.75) is 20.8 Å². The highest BCUT2D eigenvalue weighted by Gasteiger charge is 2.40. The van der Waals surface area contributed by atoms with Gasteiger partial charge in [-0.25, -0.2) is 4.90 Å². The van der Waals surface area contributed by atoms with E-state index in [0.29, 0.717) is 51.5 Å². The largest absolute Gasteiger partial charge is 0.496 e. The van der Waals surface area contributed by atoms with E-state index in [0.717, 1.165) is 0 Å². The van der Waals surface area contributed by atoms with Crippen LogP contribution in [0.2, 0.25) is 0 Å². The lowest BCUT2D eigenvalue weighted by atomic mass is 10.0. The van der Waals surface area contributed by atoms with Crippen LogP contribution in [0.4, 0.5) is 5.69 Å². The minimum atomic E-state index is -0.341. The maximum absolute atomic E-state index is 13.3. The van der Waals surface area contributed by atoms with Crippen LogP contribution in [-0.4, -0.2) is 31.3 Å². The molecule has 0 atom stereocenters. The zero-order valence-electron chi connectivity index (χ0n) is 17.1. The molecule has 6 heteroatoms. The van der Waals surface area contributed by atoms with Crippen molar-refractivity contribution in [3.63, 3.8) is 0 Å². The number of rotatable bonds is 8. The molecule has 1 aliphatic heterocycles. The van der Waals surface area contributed by atoms with Gasteiger partial charge in [-0.1, -0.05) is 39.0 Å². The van der Waals surface area contributed by atoms with Gasteiger partial charge in [0, 0.05) is 5.56 Å². The van der Waals surface area contributed by atoms with E-state index < -0.39 is 0 Å². The number of ether oxygens (including phenoxy) is 2. The summed E-state index contributed by atoms with van der Waals surface area (Å²) < 4.78 is 11.1. The highest BCUT2D eigenvalue weighted by atomic mass is 32.2. The van der Waals surface area contributed by atoms with Crippen molar-refractivity contribution in [1.29, 1.82) is 0 Å². The monoisotopic (exact) mass is 411 g/mol. The number of nitrogens with zero attached hydrogens (tertiary/aromatic N) is 1. The smallest absolute Gasteiger partial charge is 0.272 e. The molecule has 1 heterocycles. The van der Waals surface area contributed by atoms with Crippen molar-refractivity contribution in [1.82, 2.24) is 0 Å². The molecule has 5 nitrogen and oxygen atoms in total. The van der Waals surface area contributed by atoms with Crippen LogP contribution >= 0.6 is 11.8 Å². The Morgan fingerprint density at radius 1 is 1.00 bits per heavy atom. The Balaban J connectivity index is 1.96. The summed E-state index contributed by atoms with van der Waals surface area (Å²) in [7, 11) is 1.56. The highest BCUT2D eigenvalue weighted by Crippen LogP contribution is 2.41. The molecule has 2 aromatic carbocycles. The van der Waals surface area contributed by atoms with E-state index in [-0.39, 0.29) is 11.8 Å². The quantitative estimate of drug-likeness (QED) is 0.586. The van der Waals surface area contributed by atoms with Gasteiger partial charge in [0.05, 0.1) is 29.9 Å². The molecule has 2 aromatic rings. The maximum Gasteiger partial charge on any atom is 0.272 e. The number of anilines is 1. The van der Waals surface area contributed by atoms with Gasteiger partial charge in [-0.2, -0.15) is 0 Å². The predicted octanol–water partition coefficient (Wildman–Crippen LogP) is 4.77. The van der Waals surface area contributed by atoms with Crippen molar-refractivity contribution in [3.05, 3.63) is 59.0 Å². The number of amides is 2. The predicted molar refractivity (Wildman–Crippen MR) is 117 cm³/mol. The number of benzene rings is 2. The van der Waals surface area contributed by atoms with Crippen LogP contribution in [0.25, 0.3) is 5.57 Å². The molecule has 0 saturated heterocycles. The van der Waals surface area contributed by atoms with E-state index in [1.165, 1.54) is 16.7 Å². The second kappa shape index (κ2) is 9.18. The summed E-state index contributed by atoms with van der Waals surface area (Å²) in [5, 5.41) is 0. The first-order chi connectivity index (χ1) is 14.0. The third-order valence-electron chi connectivity index (χ3n) is 4.38. The molecule has 3 rings (SSSR count). The average molecular weight is 412 g/mol. The van der Waals surface area contributed by atoms with E-state index >= 15 is 0 Å². The fourth-order valence-corrected chi connectivity index (χ4v) is 3.91. The first-order valence-electron chi connectivity index (χ1n) is 9.60. The number of hydrogen-bond donors (Lipinski definition) is 0. The molecule has 0 radical (unpaired) electrons. The van der Waals surface area contributed by atoms with Crippen LogP contribution < -0.4 is 14.4 Å². The second-order valence-electron chi connectivity index (χ2n) is 6.98. The number of carbonyl (C=O) groups is 2.